The molecule has 0 amide bonds. The summed E-state index contributed by atoms with van der Waals surface area (Å²) >= 11 is 0. The van der Waals surface area contributed by atoms with Crippen LogP contribution in [0.4, 0.5) is 4.39 Å². The van der Waals surface area contributed by atoms with E-state index in [1.807, 2.05) is 6.92 Å². The van der Waals surface area contributed by atoms with Crippen molar-refractivity contribution in [3.8, 4) is 0 Å². The van der Waals surface area contributed by atoms with Crippen molar-refractivity contribution in [1.29, 1.82) is 0 Å². The minimum absolute atomic E-state index is 0.0122. The Morgan fingerprint density at radius 3 is 2.75 bits per heavy atom. The molecule has 1 aromatic rings. The molecule has 3 N–H and O–H groups in total. The van der Waals surface area contributed by atoms with Gasteiger partial charge in [-0.25, -0.2) is 4.39 Å². The molecule has 2 atom stereocenters. The summed E-state index contributed by atoms with van der Waals surface area (Å²) < 4.78 is 13.0. The zero-order valence-electron chi connectivity index (χ0n) is 9.19. The van der Waals surface area contributed by atoms with Gasteiger partial charge in [0.2, 0.25) is 0 Å². The Labute approximate surface area is 94.1 Å². The molecule has 1 aromatic carbocycles. The van der Waals surface area contributed by atoms with E-state index in [9.17, 15) is 9.18 Å². The summed E-state index contributed by atoms with van der Waals surface area (Å²) in [5.74, 6) is -1.34. The second-order valence-electron chi connectivity index (χ2n) is 3.84. The molecule has 0 aromatic heterocycles. The first kappa shape index (κ1) is 12.6. The van der Waals surface area contributed by atoms with E-state index in [2.05, 4.69) is 0 Å². The molecule has 0 spiro atoms. The number of halogens is 1. The van der Waals surface area contributed by atoms with Gasteiger partial charge in [0.25, 0.3) is 0 Å². The molecule has 88 valence electrons. The molecule has 0 bridgehead atoms. The molecule has 2 unspecified atom stereocenters. The normalized spacial score (nSPS) is 14.4. The molecular weight excluding hydrogens is 209 g/mol. The third-order valence-electron chi connectivity index (χ3n) is 2.67. The molecule has 16 heavy (non-hydrogen) atoms. The van der Waals surface area contributed by atoms with Crippen molar-refractivity contribution in [2.45, 2.75) is 31.7 Å². The van der Waals surface area contributed by atoms with Gasteiger partial charge in [0.15, 0.2) is 0 Å². The van der Waals surface area contributed by atoms with E-state index in [1.165, 1.54) is 12.1 Å². The second kappa shape index (κ2) is 5.61. The Kier molecular flexibility index (Phi) is 4.43. The summed E-state index contributed by atoms with van der Waals surface area (Å²) in [5, 5.41) is 8.73. The van der Waals surface area contributed by atoms with E-state index in [4.69, 9.17) is 10.8 Å². The number of carboxylic acids is 1. The van der Waals surface area contributed by atoms with Crippen LogP contribution < -0.4 is 5.73 Å². The van der Waals surface area contributed by atoms with E-state index in [-0.39, 0.29) is 11.7 Å². The van der Waals surface area contributed by atoms with Crippen molar-refractivity contribution in [2.75, 3.05) is 0 Å². The molecule has 0 aliphatic carbocycles. The zero-order valence-corrected chi connectivity index (χ0v) is 9.19. The topological polar surface area (TPSA) is 63.3 Å². The Hall–Kier alpha value is -1.42. The van der Waals surface area contributed by atoms with E-state index in [0.717, 1.165) is 12.0 Å². The van der Waals surface area contributed by atoms with Crippen molar-refractivity contribution in [1.82, 2.24) is 0 Å². The molecule has 0 heterocycles. The first-order chi connectivity index (χ1) is 7.54. The van der Waals surface area contributed by atoms with Gasteiger partial charge >= 0.3 is 5.97 Å². The molecular formula is C12H16FNO2. The van der Waals surface area contributed by atoms with Crippen LogP contribution in [0.1, 0.15) is 31.2 Å². The smallest absolute Gasteiger partial charge is 0.320 e. The van der Waals surface area contributed by atoms with E-state index >= 15 is 0 Å². The summed E-state index contributed by atoms with van der Waals surface area (Å²) in [6.45, 7) is 1.93. The average Bonchev–Trinajstić information content (AvgIpc) is 2.25. The summed E-state index contributed by atoms with van der Waals surface area (Å²) in [6, 6.07) is 5.33. The molecule has 0 saturated carbocycles. The van der Waals surface area contributed by atoms with Crippen LogP contribution in [0.25, 0.3) is 0 Å². The number of hydrogen-bond donors (Lipinski definition) is 2. The van der Waals surface area contributed by atoms with E-state index in [0.29, 0.717) is 6.42 Å². The van der Waals surface area contributed by atoms with Crippen molar-refractivity contribution in [3.63, 3.8) is 0 Å². The molecule has 0 saturated heterocycles. The standard InChI is InChI=1S/C12H16FNO2/c1-2-8(7-11(14)12(15)16)9-4-3-5-10(13)6-9/h3-6,8,11H,2,7,14H2,1H3,(H,15,16). The largest absolute Gasteiger partial charge is 0.480 e. The Bertz CT molecular complexity index is 368. The fourth-order valence-corrected chi connectivity index (χ4v) is 1.71. The third kappa shape index (κ3) is 3.31. The van der Waals surface area contributed by atoms with Crippen LogP contribution in [0.3, 0.4) is 0 Å². The second-order valence-corrected chi connectivity index (χ2v) is 3.84. The van der Waals surface area contributed by atoms with Crippen molar-refractivity contribution in [3.05, 3.63) is 35.6 Å². The molecule has 0 aliphatic rings. The van der Waals surface area contributed by atoms with Crippen LogP contribution in [0, 0.1) is 5.82 Å². The highest BCUT2D eigenvalue weighted by Crippen LogP contribution is 2.24. The minimum Gasteiger partial charge on any atom is -0.480 e. The Morgan fingerprint density at radius 1 is 1.56 bits per heavy atom. The fourth-order valence-electron chi connectivity index (χ4n) is 1.71. The van der Waals surface area contributed by atoms with Gasteiger partial charge in [-0.3, -0.25) is 4.79 Å². The van der Waals surface area contributed by atoms with Gasteiger partial charge in [-0.1, -0.05) is 19.1 Å². The van der Waals surface area contributed by atoms with Gasteiger partial charge in [-0.05, 0) is 36.5 Å². The number of rotatable bonds is 5. The lowest BCUT2D eigenvalue weighted by atomic mass is 9.90. The minimum atomic E-state index is -1.02. The van der Waals surface area contributed by atoms with Crippen LogP contribution in [-0.2, 0) is 4.79 Å². The molecule has 1 rings (SSSR count). The van der Waals surface area contributed by atoms with Gasteiger partial charge in [0.1, 0.15) is 11.9 Å². The number of nitrogens with two attached hydrogens (primary N) is 1. The SMILES string of the molecule is CCC(CC(N)C(=O)O)c1cccc(F)c1. The lowest BCUT2D eigenvalue weighted by Crippen LogP contribution is -2.31. The maximum atomic E-state index is 13.0. The van der Waals surface area contributed by atoms with Gasteiger partial charge in [-0.15, -0.1) is 0 Å². The highest BCUT2D eigenvalue weighted by molar-refractivity contribution is 5.73. The first-order valence-electron chi connectivity index (χ1n) is 5.28. The Balaban J connectivity index is 2.78. The molecule has 0 aliphatic heterocycles. The highest BCUT2D eigenvalue weighted by atomic mass is 19.1. The van der Waals surface area contributed by atoms with Crippen molar-refractivity contribution >= 4 is 5.97 Å². The zero-order chi connectivity index (χ0) is 12.1. The van der Waals surface area contributed by atoms with Gasteiger partial charge < -0.3 is 10.8 Å². The van der Waals surface area contributed by atoms with Crippen LogP contribution in [0.2, 0.25) is 0 Å². The number of carbonyl (C=O) groups is 1. The molecule has 0 radical (unpaired) electrons. The van der Waals surface area contributed by atoms with Crippen LogP contribution >= 0.6 is 0 Å². The van der Waals surface area contributed by atoms with Crippen LogP contribution in [0.15, 0.2) is 24.3 Å². The number of benzene rings is 1. The summed E-state index contributed by atoms with van der Waals surface area (Å²) in [4.78, 5) is 10.6. The maximum Gasteiger partial charge on any atom is 0.320 e. The predicted molar refractivity (Wildman–Crippen MR) is 59.7 cm³/mol. The van der Waals surface area contributed by atoms with Crippen LogP contribution in [0.5, 0.6) is 0 Å². The molecule has 4 heteroatoms. The number of hydrogen-bond acceptors (Lipinski definition) is 2. The summed E-state index contributed by atoms with van der Waals surface area (Å²) in [5.41, 5.74) is 6.28. The quantitative estimate of drug-likeness (QED) is 0.806. The highest BCUT2D eigenvalue weighted by Gasteiger charge is 2.19. The van der Waals surface area contributed by atoms with E-state index in [1.54, 1.807) is 12.1 Å². The lowest BCUT2D eigenvalue weighted by Gasteiger charge is -2.17. The van der Waals surface area contributed by atoms with Crippen LogP contribution in [-0.4, -0.2) is 17.1 Å². The van der Waals surface area contributed by atoms with Crippen molar-refractivity contribution < 1.29 is 14.3 Å². The van der Waals surface area contributed by atoms with Gasteiger partial charge in [-0.2, -0.15) is 0 Å². The monoisotopic (exact) mass is 225 g/mol. The first-order valence-corrected chi connectivity index (χ1v) is 5.28. The number of aliphatic carboxylic acids is 1. The maximum absolute atomic E-state index is 13.0. The molecule has 0 fully saturated rings. The summed E-state index contributed by atoms with van der Waals surface area (Å²) in [7, 11) is 0. The summed E-state index contributed by atoms with van der Waals surface area (Å²) in [6.07, 6.45) is 1.07. The third-order valence-corrected chi connectivity index (χ3v) is 2.67. The van der Waals surface area contributed by atoms with Gasteiger partial charge in [0.05, 0.1) is 0 Å². The predicted octanol–water partition coefficient (Wildman–Crippen LogP) is 2.12. The fraction of sp³-hybridized carbons (Fsp3) is 0.417. The molecule has 3 nitrogen and oxygen atoms in total. The Morgan fingerprint density at radius 2 is 2.25 bits per heavy atom. The van der Waals surface area contributed by atoms with E-state index < -0.39 is 12.0 Å². The van der Waals surface area contributed by atoms with Crippen molar-refractivity contribution in [2.24, 2.45) is 5.73 Å². The average molecular weight is 225 g/mol. The van der Waals surface area contributed by atoms with Gasteiger partial charge in [0, 0.05) is 0 Å². The lowest BCUT2D eigenvalue weighted by molar-refractivity contribution is -0.138. The number of carboxylic acid groups (broad SMARTS) is 1.